The molecule has 0 aliphatic carbocycles. The van der Waals surface area contributed by atoms with Gasteiger partial charge in [-0.1, -0.05) is 11.6 Å². The average molecular weight is 313 g/mol. The Morgan fingerprint density at radius 3 is 2.70 bits per heavy atom. The fourth-order valence-electron chi connectivity index (χ4n) is 1.66. The smallest absolute Gasteiger partial charge is 0.284 e. The predicted molar refractivity (Wildman–Crippen MR) is 80.5 cm³/mol. The summed E-state index contributed by atoms with van der Waals surface area (Å²) >= 11 is 5.97. The molecule has 2 rings (SSSR count). The van der Waals surface area contributed by atoms with E-state index in [1.54, 1.807) is 26.2 Å². The highest BCUT2D eigenvalue weighted by Crippen LogP contribution is 2.30. The van der Waals surface area contributed by atoms with E-state index in [4.69, 9.17) is 17.3 Å². The van der Waals surface area contributed by atoms with Gasteiger partial charge in [0.25, 0.3) is 10.0 Å². The first kappa shape index (κ1) is 14.5. The Morgan fingerprint density at radius 1 is 1.35 bits per heavy atom. The van der Waals surface area contributed by atoms with E-state index in [1.807, 2.05) is 0 Å². The fourth-order valence-corrected chi connectivity index (χ4v) is 3.04. The number of sulfonamides is 1. The van der Waals surface area contributed by atoms with Crippen LogP contribution in [0.15, 0.2) is 33.7 Å². The van der Waals surface area contributed by atoms with E-state index in [1.165, 1.54) is 23.5 Å². The van der Waals surface area contributed by atoms with Gasteiger partial charge in [-0.3, -0.25) is 0 Å². The quantitative estimate of drug-likeness (QED) is 0.404. The zero-order valence-corrected chi connectivity index (χ0v) is 12.5. The van der Waals surface area contributed by atoms with Crippen molar-refractivity contribution < 1.29 is 8.42 Å². The molecule has 1 aromatic heterocycles. The third-order valence-corrected chi connectivity index (χ3v) is 4.08. The normalized spacial score (nSPS) is 12.2. The van der Waals surface area contributed by atoms with Crippen molar-refractivity contribution in [2.24, 2.45) is 4.40 Å². The molecule has 2 N–H and O–H groups in total. The number of benzene rings is 1. The molecule has 0 amide bonds. The third-order valence-electron chi connectivity index (χ3n) is 2.51. The zero-order valence-electron chi connectivity index (χ0n) is 10.9. The number of pyridine rings is 1. The second-order valence-corrected chi connectivity index (χ2v) is 6.33. The van der Waals surface area contributed by atoms with E-state index in [0.29, 0.717) is 10.8 Å². The van der Waals surface area contributed by atoms with Crippen LogP contribution in [0.2, 0.25) is 5.15 Å². The van der Waals surface area contributed by atoms with Crippen LogP contribution in [0.4, 0.5) is 5.69 Å². The van der Waals surface area contributed by atoms with Crippen LogP contribution in [0.3, 0.4) is 0 Å². The van der Waals surface area contributed by atoms with E-state index in [9.17, 15) is 8.42 Å². The monoisotopic (exact) mass is 312 g/mol. The second kappa shape index (κ2) is 5.26. The van der Waals surface area contributed by atoms with Crippen molar-refractivity contribution >= 4 is 44.4 Å². The molecule has 0 radical (unpaired) electrons. The highest BCUT2D eigenvalue weighted by molar-refractivity contribution is 7.90. The number of rotatable bonds is 3. The van der Waals surface area contributed by atoms with Gasteiger partial charge in [0.1, 0.15) is 11.5 Å². The van der Waals surface area contributed by atoms with Crippen LogP contribution in [0.25, 0.3) is 10.8 Å². The van der Waals surface area contributed by atoms with Crippen LogP contribution in [0.5, 0.6) is 0 Å². The molecule has 20 heavy (non-hydrogen) atoms. The van der Waals surface area contributed by atoms with Crippen molar-refractivity contribution in [2.75, 3.05) is 19.8 Å². The summed E-state index contributed by atoms with van der Waals surface area (Å²) in [6, 6.07) is 4.51. The van der Waals surface area contributed by atoms with Gasteiger partial charge in [0.15, 0.2) is 0 Å². The summed E-state index contributed by atoms with van der Waals surface area (Å²) in [6.07, 6.45) is 2.66. The van der Waals surface area contributed by atoms with E-state index in [0.717, 1.165) is 0 Å². The molecule has 0 atom stereocenters. The molecule has 0 unspecified atom stereocenters. The summed E-state index contributed by atoms with van der Waals surface area (Å²) in [6.45, 7) is 0. The molecule has 0 aliphatic rings. The Morgan fingerprint density at radius 2 is 2.05 bits per heavy atom. The van der Waals surface area contributed by atoms with Gasteiger partial charge in [-0.05, 0) is 18.2 Å². The highest BCUT2D eigenvalue weighted by Gasteiger charge is 2.18. The van der Waals surface area contributed by atoms with Crippen LogP contribution < -0.4 is 5.73 Å². The summed E-state index contributed by atoms with van der Waals surface area (Å²) in [5.41, 5.74) is 6.02. The van der Waals surface area contributed by atoms with Gasteiger partial charge in [0.2, 0.25) is 0 Å². The Hall–Kier alpha value is -1.86. The minimum Gasteiger partial charge on any atom is -0.399 e. The van der Waals surface area contributed by atoms with Crippen molar-refractivity contribution in [2.45, 2.75) is 4.90 Å². The summed E-state index contributed by atoms with van der Waals surface area (Å²) in [7, 11) is -0.504. The van der Waals surface area contributed by atoms with E-state index >= 15 is 0 Å². The standard InChI is InChI=1S/C12H13ClN4O2S/c1-17(2)7-16-20(18,19)11-6-8(14)5-10-9(11)3-4-15-12(10)13/h3-7H,14H2,1-2H3. The summed E-state index contributed by atoms with van der Waals surface area (Å²) in [4.78, 5) is 5.45. The first-order valence-corrected chi connectivity index (χ1v) is 7.44. The average Bonchev–Trinajstić information content (AvgIpc) is 2.37. The molecule has 0 saturated heterocycles. The first-order valence-electron chi connectivity index (χ1n) is 5.62. The van der Waals surface area contributed by atoms with E-state index in [-0.39, 0.29) is 15.7 Å². The van der Waals surface area contributed by atoms with Gasteiger partial charge >= 0.3 is 0 Å². The maximum Gasteiger partial charge on any atom is 0.284 e. The fraction of sp³-hybridized carbons (Fsp3) is 0.167. The Kier molecular flexibility index (Phi) is 3.82. The van der Waals surface area contributed by atoms with Gasteiger partial charge in [-0.2, -0.15) is 8.42 Å². The molecule has 1 aromatic carbocycles. The molecule has 0 fully saturated rings. The third kappa shape index (κ3) is 2.83. The number of hydrogen-bond donors (Lipinski definition) is 1. The lowest BCUT2D eigenvalue weighted by Crippen LogP contribution is -2.10. The van der Waals surface area contributed by atoms with Gasteiger partial charge < -0.3 is 10.6 Å². The van der Waals surface area contributed by atoms with Crippen LogP contribution in [0.1, 0.15) is 0 Å². The van der Waals surface area contributed by atoms with Gasteiger partial charge in [-0.15, -0.1) is 4.40 Å². The Balaban J connectivity index is 2.75. The molecule has 106 valence electrons. The first-order chi connectivity index (χ1) is 9.31. The van der Waals surface area contributed by atoms with Crippen molar-refractivity contribution in [1.29, 1.82) is 0 Å². The molecule has 2 aromatic rings. The minimum absolute atomic E-state index is 0.00917. The topological polar surface area (TPSA) is 88.7 Å². The lowest BCUT2D eigenvalue weighted by atomic mass is 10.1. The number of fused-ring (bicyclic) bond motifs is 1. The van der Waals surface area contributed by atoms with Crippen LogP contribution in [-0.4, -0.2) is 38.7 Å². The Bertz CT molecular complexity index is 787. The van der Waals surface area contributed by atoms with Gasteiger partial charge in [-0.25, -0.2) is 4.98 Å². The molecule has 1 heterocycles. The molecule has 0 aliphatic heterocycles. The van der Waals surface area contributed by atoms with Crippen molar-refractivity contribution in [1.82, 2.24) is 9.88 Å². The van der Waals surface area contributed by atoms with Gasteiger partial charge in [0, 0.05) is 36.8 Å². The number of nitrogen functional groups attached to an aromatic ring is 1. The molecule has 0 bridgehead atoms. The number of nitrogens with two attached hydrogens (primary N) is 1. The SMILES string of the molecule is CN(C)C=NS(=O)(=O)c1cc(N)cc2c(Cl)nccc12. The number of halogens is 1. The molecule has 0 saturated carbocycles. The van der Waals surface area contributed by atoms with Crippen LogP contribution >= 0.6 is 11.6 Å². The maximum absolute atomic E-state index is 12.3. The largest absolute Gasteiger partial charge is 0.399 e. The zero-order chi connectivity index (χ0) is 14.9. The summed E-state index contributed by atoms with van der Waals surface area (Å²) in [5, 5.41) is 1.12. The lowest BCUT2D eigenvalue weighted by molar-refractivity contribution is 0.595. The van der Waals surface area contributed by atoms with Crippen LogP contribution in [0, 0.1) is 0 Å². The molecule has 0 spiro atoms. The molecule has 6 nitrogen and oxygen atoms in total. The summed E-state index contributed by atoms with van der Waals surface area (Å²) < 4.78 is 28.1. The lowest BCUT2D eigenvalue weighted by Gasteiger charge is -2.08. The molecule has 8 heteroatoms. The van der Waals surface area contributed by atoms with Crippen molar-refractivity contribution in [3.05, 3.63) is 29.5 Å². The Labute approximate surface area is 121 Å². The van der Waals surface area contributed by atoms with E-state index in [2.05, 4.69) is 9.38 Å². The van der Waals surface area contributed by atoms with Gasteiger partial charge in [0.05, 0.1) is 4.90 Å². The van der Waals surface area contributed by atoms with Crippen molar-refractivity contribution in [3.63, 3.8) is 0 Å². The molecular weight excluding hydrogens is 300 g/mol. The number of aromatic nitrogens is 1. The maximum atomic E-state index is 12.3. The second-order valence-electron chi connectivity index (χ2n) is 4.38. The summed E-state index contributed by atoms with van der Waals surface area (Å²) in [5.74, 6) is 0. The number of anilines is 1. The van der Waals surface area contributed by atoms with Crippen LogP contribution in [-0.2, 0) is 10.0 Å². The highest BCUT2D eigenvalue weighted by atomic mass is 35.5. The number of hydrogen-bond acceptors (Lipinski definition) is 4. The van der Waals surface area contributed by atoms with E-state index < -0.39 is 10.0 Å². The molecular formula is C12H13ClN4O2S. The van der Waals surface area contributed by atoms with Crippen molar-refractivity contribution in [3.8, 4) is 0 Å². The minimum atomic E-state index is -3.86. The number of nitrogens with zero attached hydrogens (tertiary/aromatic N) is 3. The predicted octanol–water partition coefficient (Wildman–Crippen LogP) is 1.75.